The minimum atomic E-state index is -4.25. The topological polar surface area (TPSA) is 176 Å². The number of hydrogen-bond donors (Lipinski definition) is 4. The number of sulfonamides is 2. The molecule has 5 N–H and O–H groups in total. The van der Waals surface area contributed by atoms with Gasteiger partial charge in [-0.3, -0.25) is 9.79 Å². The Kier molecular flexibility index (Phi) is 12.7. The highest BCUT2D eigenvalue weighted by Crippen LogP contribution is 2.25. The van der Waals surface area contributed by atoms with E-state index in [0.29, 0.717) is 18.1 Å². The van der Waals surface area contributed by atoms with Crippen molar-refractivity contribution in [3.63, 3.8) is 0 Å². The summed E-state index contributed by atoms with van der Waals surface area (Å²) >= 11 is 18.1. The fourth-order valence-corrected chi connectivity index (χ4v) is 5.48. The number of carbonyl (C=O) groups is 1. The number of carbonyl (C=O) groups excluding carboxylic acids is 1. The summed E-state index contributed by atoms with van der Waals surface area (Å²) in [5.41, 5.74) is 0. The van der Waals surface area contributed by atoms with E-state index in [2.05, 4.69) is 20.3 Å². The third-order valence-electron chi connectivity index (χ3n) is 4.58. The first kappa shape index (κ1) is 33.5. The third-order valence-corrected chi connectivity index (χ3v) is 8.30. The highest BCUT2D eigenvalue weighted by Gasteiger charge is 2.30. The first-order valence-corrected chi connectivity index (χ1v) is 16.5. The molecule has 12 nitrogen and oxygen atoms in total. The Morgan fingerprint density at radius 3 is 2.33 bits per heavy atom. The predicted octanol–water partition coefficient (Wildman–Crippen LogP) is 1.63. The van der Waals surface area contributed by atoms with Crippen molar-refractivity contribution in [1.29, 1.82) is 0 Å². The molecule has 0 fully saturated rings. The van der Waals surface area contributed by atoms with E-state index < -0.39 is 29.7 Å². The number of hydrogen-bond acceptors (Lipinski definition) is 9. The Bertz CT molecular complexity index is 1360. The Balaban J connectivity index is 2.05. The van der Waals surface area contributed by atoms with E-state index >= 15 is 0 Å². The van der Waals surface area contributed by atoms with Crippen molar-refractivity contribution in [3.8, 4) is 0 Å². The van der Waals surface area contributed by atoms with Crippen LogP contribution in [0.25, 0.3) is 0 Å². The lowest BCUT2D eigenvalue weighted by Gasteiger charge is -2.15. The van der Waals surface area contributed by atoms with Crippen LogP contribution in [0.5, 0.6) is 0 Å². The van der Waals surface area contributed by atoms with Crippen LogP contribution in [-0.2, 0) is 37.1 Å². The van der Waals surface area contributed by atoms with Crippen molar-refractivity contribution < 1.29 is 26.0 Å². The molecule has 0 unspecified atom stereocenters. The number of nitrogens with zero attached hydrogens (tertiary/aromatic N) is 2. The maximum absolute atomic E-state index is 12.9. The van der Waals surface area contributed by atoms with Gasteiger partial charge >= 0.3 is 0 Å². The van der Waals surface area contributed by atoms with E-state index in [1.165, 1.54) is 30.0 Å². The van der Waals surface area contributed by atoms with Gasteiger partial charge in [-0.2, -0.15) is 11.8 Å². The fraction of sp³-hybridized carbons (Fsp3) is 0.429. The van der Waals surface area contributed by atoms with Gasteiger partial charge in [0.1, 0.15) is 11.5 Å². The van der Waals surface area contributed by atoms with Crippen molar-refractivity contribution in [2.75, 3.05) is 39.5 Å². The number of furan rings is 1. The Labute approximate surface area is 247 Å². The van der Waals surface area contributed by atoms with Crippen LogP contribution >= 0.6 is 46.6 Å². The summed E-state index contributed by atoms with van der Waals surface area (Å²) in [6, 6.07) is 8.38. The fourth-order valence-electron chi connectivity index (χ4n) is 2.88. The van der Waals surface area contributed by atoms with Gasteiger partial charge in [-0.15, -0.1) is 0 Å². The van der Waals surface area contributed by atoms with Gasteiger partial charge in [-0.1, -0.05) is 40.9 Å². The van der Waals surface area contributed by atoms with Crippen LogP contribution in [0.1, 0.15) is 11.5 Å². The quantitative estimate of drug-likeness (QED) is 0.107. The number of primary sulfonamides is 1. The zero-order chi connectivity index (χ0) is 29.3. The number of guanidine groups is 1. The van der Waals surface area contributed by atoms with Gasteiger partial charge in [0.05, 0.1) is 28.6 Å². The predicted molar refractivity (Wildman–Crippen MR) is 154 cm³/mol. The average molecular weight is 664 g/mol. The second-order valence-corrected chi connectivity index (χ2v) is 14.8. The Hall–Kier alpha value is -1.72. The molecule has 0 aliphatic heterocycles. The molecule has 18 heteroatoms. The molecule has 0 aliphatic carbocycles. The smallest absolute Gasteiger partial charge is 0.272 e. The molecule has 1 aromatic carbocycles. The number of alkyl halides is 3. The number of amides is 1. The number of benzene rings is 1. The summed E-state index contributed by atoms with van der Waals surface area (Å²) in [7, 11) is -4.49. The molecule has 1 heterocycles. The standard InChI is InChI=1S/C21H29Cl3N6O6S3/c1-30(2)13-15-6-7-16(36-15)14-37-11-10-28-20(27-9-8-26-19(31)21(22,23)24)29-39(34,35)18-5-3-4-17(12-18)38(25,32)33/h3-7,12H,8-11,13-14H2,1-2H3,(H,26,31)(H2,25,32,33)(H2,27,28,29). The molecule has 0 bridgehead atoms. The van der Waals surface area contributed by atoms with Gasteiger partial charge in [0, 0.05) is 18.8 Å². The number of nitrogens with two attached hydrogens (primary N) is 1. The first-order valence-electron chi connectivity index (χ1n) is 11.2. The van der Waals surface area contributed by atoms with Crippen molar-refractivity contribution in [1.82, 2.24) is 20.3 Å². The van der Waals surface area contributed by atoms with E-state index in [1.54, 1.807) is 0 Å². The number of rotatable bonds is 13. The van der Waals surface area contributed by atoms with Crippen molar-refractivity contribution in [3.05, 3.63) is 47.9 Å². The lowest BCUT2D eigenvalue weighted by atomic mass is 10.4. The monoisotopic (exact) mass is 662 g/mol. The molecule has 39 heavy (non-hydrogen) atoms. The van der Waals surface area contributed by atoms with E-state index in [-0.39, 0.29) is 35.4 Å². The molecular formula is C21H29Cl3N6O6S3. The highest BCUT2D eigenvalue weighted by atomic mass is 35.6. The molecular weight excluding hydrogens is 635 g/mol. The molecule has 218 valence electrons. The number of aliphatic imine (C=N–C) groups is 1. The normalized spacial score (nSPS) is 12.9. The van der Waals surface area contributed by atoms with E-state index in [4.69, 9.17) is 44.4 Å². The number of halogens is 3. The van der Waals surface area contributed by atoms with Crippen LogP contribution in [0.2, 0.25) is 0 Å². The molecule has 0 saturated heterocycles. The van der Waals surface area contributed by atoms with E-state index in [0.717, 1.165) is 17.6 Å². The SMILES string of the molecule is CN(C)Cc1ccc(CSCCN=C(NCCNC(=O)C(Cl)(Cl)Cl)NS(=O)(=O)c2cccc(S(N)(=O)=O)c2)o1. The summed E-state index contributed by atoms with van der Waals surface area (Å²) in [4.78, 5) is 17.3. The van der Waals surface area contributed by atoms with Crippen LogP contribution in [0.3, 0.4) is 0 Å². The van der Waals surface area contributed by atoms with Crippen LogP contribution in [0.4, 0.5) is 0 Å². The molecule has 0 atom stereocenters. The third kappa shape index (κ3) is 12.1. The highest BCUT2D eigenvalue weighted by molar-refractivity contribution is 7.98. The average Bonchev–Trinajstić information content (AvgIpc) is 3.26. The van der Waals surface area contributed by atoms with Crippen LogP contribution in [-0.4, -0.2) is 76.9 Å². The van der Waals surface area contributed by atoms with Crippen LogP contribution < -0.4 is 20.5 Å². The van der Waals surface area contributed by atoms with Crippen LogP contribution in [0, 0.1) is 0 Å². The van der Waals surface area contributed by atoms with Crippen molar-refractivity contribution in [2.24, 2.45) is 10.1 Å². The zero-order valence-electron chi connectivity index (χ0n) is 21.0. The number of nitrogens with one attached hydrogen (secondary N) is 3. The van der Waals surface area contributed by atoms with Gasteiger partial charge < -0.3 is 20.0 Å². The molecule has 2 aromatic rings. The molecule has 0 saturated carbocycles. The zero-order valence-corrected chi connectivity index (χ0v) is 25.7. The molecule has 0 aliphatic rings. The second-order valence-electron chi connectivity index (χ2n) is 8.19. The maximum atomic E-state index is 12.9. The summed E-state index contributed by atoms with van der Waals surface area (Å²) in [6.45, 7) is 0.918. The van der Waals surface area contributed by atoms with Crippen molar-refractivity contribution in [2.45, 2.75) is 25.9 Å². The van der Waals surface area contributed by atoms with E-state index in [9.17, 15) is 21.6 Å². The lowest BCUT2D eigenvalue weighted by molar-refractivity contribution is -0.120. The van der Waals surface area contributed by atoms with Gasteiger partial charge in [0.25, 0.3) is 19.7 Å². The Morgan fingerprint density at radius 2 is 1.69 bits per heavy atom. The summed E-state index contributed by atoms with van der Waals surface area (Å²) in [5, 5.41) is 10.3. The summed E-state index contributed by atoms with van der Waals surface area (Å²) in [5.74, 6) is 1.80. The van der Waals surface area contributed by atoms with Gasteiger partial charge in [-0.25, -0.2) is 26.7 Å². The lowest BCUT2D eigenvalue weighted by Crippen LogP contribution is -2.45. The minimum absolute atomic E-state index is 0.0169. The molecule has 1 amide bonds. The summed E-state index contributed by atoms with van der Waals surface area (Å²) < 4.78 is 55.1. The summed E-state index contributed by atoms with van der Waals surface area (Å²) in [6.07, 6.45) is 0. The largest absolute Gasteiger partial charge is 0.464 e. The molecule has 1 aromatic heterocycles. The number of thioether (sulfide) groups is 1. The van der Waals surface area contributed by atoms with Gasteiger partial charge in [0.15, 0.2) is 0 Å². The van der Waals surface area contributed by atoms with E-state index in [1.807, 2.05) is 31.1 Å². The van der Waals surface area contributed by atoms with Gasteiger partial charge in [-0.05, 0) is 44.4 Å². The minimum Gasteiger partial charge on any atom is -0.464 e. The molecule has 0 spiro atoms. The molecule has 0 radical (unpaired) electrons. The van der Waals surface area contributed by atoms with Crippen LogP contribution in [0.15, 0.2) is 55.6 Å². The first-order chi connectivity index (χ1) is 18.1. The molecule has 2 rings (SSSR count). The van der Waals surface area contributed by atoms with Crippen molar-refractivity contribution >= 4 is 78.5 Å². The Morgan fingerprint density at radius 1 is 1.05 bits per heavy atom. The van der Waals surface area contributed by atoms with Gasteiger partial charge in [0.2, 0.25) is 16.0 Å². The second kappa shape index (κ2) is 14.8. The maximum Gasteiger partial charge on any atom is 0.272 e.